The van der Waals surface area contributed by atoms with E-state index < -0.39 is 5.97 Å². The molecule has 1 atom stereocenters. The molecule has 4 heteroatoms. The number of carboxylic acid groups (broad SMARTS) is 1. The fourth-order valence-electron chi connectivity index (χ4n) is 2.08. The molecule has 1 N–H and O–H groups in total. The van der Waals surface area contributed by atoms with Gasteiger partial charge in [0, 0.05) is 11.7 Å². The molecule has 0 amide bonds. The summed E-state index contributed by atoms with van der Waals surface area (Å²) in [6.45, 7) is 2.76. The van der Waals surface area contributed by atoms with E-state index in [1.165, 1.54) is 11.1 Å². The van der Waals surface area contributed by atoms with E-state index in [1.807, 2.05) is 13.0 Å². The topological polar surface area (TPSA) is 46.5 Å². The third-order valence-corrected chi connectivity index (χ3v) is 4.18. The summed E-state index contributed by atoms with van der Waals surface area (Å²) in [5, 5.41) is 8.86. The van der Waals surface area contributed by atoms with Crippen LogP contribution in [0.15, 0.2) is 18.2 Å². The van der Waals surface area contributed by atoms with Crippen molar-refractivity contribution >= 4 is 17.7 Å². The smallest absolute Gasteiger partial charge is 0.304 e. The molecule has 1 aliphatic rings. The predicted molar refractivity (Wildman–Crippen MR) is 73.5 cm³/mol. The van der Waals surface area contributed by atoms with Crippen molar-refractivity contribution in [2.75, 3.05) is 12.4 Å². The largest absolute Gasteiger partial charge is 0.493 e. The van der Waals surface area contributed by atoms with Gasteiger partial charge in [0.25, 0.3) is 0 Å². The second kappa shape index (κ2) is 6.14. The highest BCUT2D eigenvalue weighted by Gasteiger charge is 2.12. The first-order chi connectivity index (χ1) is 8.65. The Morgan fingerprint density at radius 1 is 1.56 bits per heavy atom. The summed E-state index contributed by atoms with van der Waals surface area (Å²) in [5.41, 5.74) is 2.62. The Bertz CT molecular complexity index is 431. The van der Waals surface area contributed by atoms with Crippen LogP contribution in [-0.2, 0) is 17.6 Å². The number of thioether (sulfide) groups is 1. The van der Waals surface area contributed by atoms with Crippen LogP contribution < -0.4 is 4.74 Å². The highest BCUT2D eigenvalue weighted by molar-refractivity contribution is 7.99. The molecule has 98 valence electrons. The molecule has 2 rings (SSSR count). The van der Waals surface area contributed by atoms with Crippen molar-refractivity contribution in [3.63, 3.8) is 0 Å². The lowest BCUT2D eigenvalue weighted by Gasteiger charge is -2.08. The summed E-state index contributed by atoms with van der Waals surface area (Å²) < 4.78 is 5.47. The van der Waals surface area contributed by atoms with Gasteiger partial charge >= 0.3 is 5.97 Å². The summed E-state index contributed by atoms with van der Waals surface area (Å²) >= 11 is 1.72. The average Bonchev–Trinajstić information content (AvgIpc) is 2.75. The van der Waals surface area contributed by atoms with Crippen molar-refractivity contribution in [2.24, 2.45) is 0 Å². The number of hydrogen-bond acceptors (Lipinski definition) is 3. The lowest BCUT2D eigenvalue weighted by molar-refractivity contribution is -0.136. The van der Waals surface area contributed by atoms with E-state index in [4.69, 9.17) is 9.84 Å². The zero-order chi connectivity index (χ0) is 13.0. The number of aryl methyl sites for hydroxylation is 1. The molecule has 3 nitrogen and oxygen atoms in total. The lowest BCUT2D eigenvalue weighted by atomic mass is 10.1. The molecule has 0 saturated carbocycles. The number of ether oxygens (including phenoxy) is 1. The van der Waals surface area contributed by atoms with Gasteiger partial charge in [-0.1, -0.05) is 19.1 Å². The SMILES string of the molecule is CC(CC(=O)O)SCCc1ccc2c(c1)CCO2. The molecule has 1 aliphatic heterocycles. The van der Waals surface area contributed by atoms with E-state index >= 15 is 0 Å². The summed E-state index contributed by atoms with van der Waals surface area (Å²) in [6, 6.07) is 6.36. The number of benzene rings is 1. The quantitative estimate of drug-likeness (QED) is 0.860. The molecule has 0 saturated heterocycles. The zero-order valence-corrected chi connectivity index (χ0v) is 11.3. The minimum Gasteiger partial charge on any atom is -0.493 e. The van der Waals surface area contributed by atoms with Crippen LogP contribution in [0.5, 0.6) is 5.75 Å². The Balaban J connectivity index is 1.78. The summed E-state index contributed by atoms with van der Waals surface area (Å²) in [6.07, 6.45) is 2.23. The molecule has 0 fully saturated rings. The molecule has 18 heavy (non-hydrogen) atoms. The van der Waals surface area contributed by atoms with Crippen LogP contribution in [0.25, 0.3) is 0 Å². The van der Waals surface area contributed by atoms with Crippen molar-refractivity contribution in [3.8, 4) is 5.75 Å². The van der Waals surface area contributed by atoms with Gasteiger partial charge in [-0.15, -0.1) is 0 Å². The standard InChI is InChI=1S/C14H18O3S/c1-10(8-14(15)16)18-7-5-11-2-3-13-12(9-11)4-6-17-13/h2-3,9-10H,4-8H2,1H3,(H,15,16). The van der Waals surface area contributed by atoms with Gasteiger partial charge in [-0.3, -0.25) is 4.79 Å². The maximum Gasteiger partial charge on any atom is 0.304 e. The van der Waals surface area contributed by atoms with E-state index in [9.17, 15) is 4.79 Å². The Kier molecular flexibility index (Phi) is 4.53. The second-order valence-electron chi connectivity index (χ2n) is 4.57. The number of rotatable bonds is 6. The van der Waals surface area contributed by atoms with E-state index in [-0.39, 0.29) is 11.7 Å². The van der Waals surface area contributed by atoms with Gasteiger partial charge in [0.05, 0.1) is 13.0 Å². The van der Waals surface area contributed by atoms with Crippen LogP contribution in [0.4, 0.5) is 0 Å². The van der Waals surface area contributed by atoms with Crippen molar-refractivity contribution in [3.05, 3.63) is 29.3 Å². The van der Waals surface area contributed by atoms with Gasteiger partial charge in [-0.25, -0.2) is 0 Å². The molecule has 0 radical (unpaired) electrons. The Hall–Kier alpha value is -1.16. The predicted octanol–water partition coefficient (Wildman–Crippen LogP) is 2.76. The normalized spacial score (nSPS) is 14.9. The van der Waals surface area contributed by atoms with E-state index in [0.29, 0.717) is 0 Å². The summed E-state index contributed by atoms with van der Waals surface area (Å²) in [5.74, 6) is 1.27. The molecule has 1 heterocycles. The first-order valence-electron chi connectivity index (χ1n) is 6.23. The molecule has 0 aromatic heterocycles. The van der Waals surface area contributed by atoms with Gasteiger partial charge in [-0.05, 0) is 29.4 Å². The highest BCUT2D eigenvalue weighted by Crippen LogP contribution is 2.26. The molecular formula is C14H18O3S. The minimum atomic E-state index is -0.718. The molecule has 1 unspecified atom stereocenters. The monoisotopic (exact) mass is 266 g/mol. The molecule has 0 aliphatic carbocycles. The fraction of sp³-hybridized carbons (Fsp3) is 0.500. The molecule has 0 spiro atoms. The van der Waals surface area contributed by atoms with E-state index in [2.05, 4.69) is 12.1 Å². The van der Waals surface area contributed by atoms with Gasteiger partial charge in [0.2, 0.25) is 0 Å². The molecular weight excluding hydrogens is 248 g/mol. The first kappa shape index (κ1) is 13.3. The number of hydrogen-bond donors (Lipinski definition) is 1. The highest BCUT2D eigenvalue weighted by atomic mass is 32.2. The van der Waals surface area contributed by atoms with Crippen molar-refractivity contribution < 1.29 is 14.6 Å². The number of carbonyl (C=O) groups is 1. The van der Waals surface area contributed by atoms with Crippen LogP contribution in [0.2, 0.25) is 0 Å². The average molecular weight is 266 g/mol. The third kappa shape index (κ3) is 3.67. The van der Waals surface area contributed by atoms with Crippen molar-refractivity contribution in [1.82, 2.24) is 0 Å². The van der Waals surface area contributed by atoms with Gasteiger partial charge in [0.15, 0.2) is 0 Å². The second-order valence-corrected chi connectivity index (χ2v) is 6.12. The van der Waals surface area contributed by atoms with Gasteiger partial charge < -0.3 is 9.84 Å². The van der Waals surface area contributed by atoms with Gasteiger partial charge in [0.1, 0.15) is 5.75 Å². The third-order valence-electron chi connectivity index (χ3n) is 3.01. The number of fused-ring (bicyclic) bond motifs is 1. The Labute approximate surface area is 112 Å². The van der Waals surface area contributed by atoms with E-state index in [1.54, 1.807) is 11.8 Å². The zero-order valence-electron chi connectivity index (χ0n) is 10.5. The van der Waals surface area contributed by atoms with Crippen molar-refractivity contribution in [1.29, 1.82) is 0 Å². The van der Waals surface area contributed by atoms with Crippen LogP contribution >= 0.6 is 11.8 Å². The Morgan fingerprint density at radius 2 is 2.39 bits per heavy atom. The van der Waals surface area contributed by atoms with Gasteiger partial charge in [-0.2, -0.15) is 11.8 Å². The van der Waals surface area contributed by atoms with Crippen LogP contribution in [0.1, 0.15) is 24.5 Å². The maximum absolute atomic E-state index is 10.5. The maximum atomic E-state index is 10.5. The summed E-state index contributed by atoms with van der Waals surface area (Å²) in [4.78, 5) is 10.5. The van der Waals surface area contributed by atoms with E-state index in [0.717, 1.165) is 31.0 Å². The van der Waals surface area contributed by atoms with Crippen molar-refractivity contribution in [2.45, 2.75) is 31.4 Å². The molecule has 0 bridgehead atoms. The molecule has 1 aromatic carbocycles. The minimum absolute atomic E-state index is 0.181. The summed E-state index contributed by atoms with van der Waals surface area (Å²) in [7, 11) is 0. The first-order valence-corrected chi connectivity index (χ1v) is 7.28. The van der Waals surface area contributed by atoms with Crippen LogP contribution in [0, 0.1) is 0 Å². The number of carboxylic acids is 1. The Morgan fingerprint density at radius 3 is 3.17 bits per heavy atom. The lowest BCUT2D eigenvalue weighted by Crippen LogP contribution is -2.06. The van der Waals surface area contributed by atoms with Crippen LogP contribution in [0.3, 0.4) is 0 Å². The molecule has 1 aromatic rings. The number of aliphatic carboxylic acids is 1. The van der Waals surface area contributed by atoms with Crippen LogP contribution in [-0.4, -0.2) is 28.7 Å². The fourth-order valence-corrected chi connectivity index (χ4v) is 3.09.